The van der Waals surface area contributed by atoms with Crippen LogP contribution in [0.5, 0.6) is 0 Å². The fourth-order valence-electron chi connectivity index (χ4n) is 2.31. The third-order valence-electron chi connectivity index (χ3n) is 3.60. The molecule has 0 aliphatic heterocycles. The molecule has 118 valence electrons. The smallest absolute Gasteiger partial charge is 0.220 e. The SMILES string of the molecule is Cc1n[nH]c(C)c1CCNC(=O)CCc1ccc(F)c(F)c1. The second-order valence-electron chi connectivity index (χ2n) is 5.26. The summed E-state index contributed by atoms with van der Waals surface area (Å²) < 4.78 is 25.9. The van der Waals surface area contributed by atoms with Crippen molar-refractivity contribution >= 4 is 5.91 Å². The number of carbonyl (C=O) groups excluding carboxylic acids is 1. The molecular weight excluding hydrogens is 288 g/mol. The summed E-state index contributed by atoms with van der Waals surface area (Å²) in [4.78, 5) is 11.8. The molecule has 2 aromatic rings. The molecule has 22 heavy (non-hydrogen) atoms. The number of H-pyrrole nitrogens is 1. The average Bonchev–Trinajstić information content (AvgIpc) is 2.80. The predicted molar refractivity (Wildman–Crippen MR) is 79.5 cm³/mol. The highest BCUT2D eigenvalue weighted by Crippen LogP contribution is 2.11. The van der Waals surface area contributed by atoms with Crippen LogP contribution in [0.2, 0.25) is 0 Å². The van der Waals surface area contributed by atoms with E-state index in [-0.39, 0.29) is 12.3 Å². The number of rotatable bonds is 6. The topological polar surface area (TPSA) is 57.8 Å². The molecule has 0 radical (unpaired) electrons. The van der Waals surface area contributed by atoms with Crippen molar-refractivity contribution < 1.29 is 13.6 Å². The Morgan fingerprint density at radius 1 is 1.23 bits per heavy atom. The van der Waals surface area contributed by atoms with Crippen molar-refractivity contribution in [2.45, 2.75) is 33.1 Å². The van der Waals surface area contributed by atoms with Gasteiger partial charge in [-0.15, -0.1) is 0 Å². The van der Waals surface area contributed by atoms with Gasteiger partial charge in [0.25, 0.3) is 0 Å². The lowest BCUT2D eigenvalue weighted by Gasteiger charge is -2.06. The Labute approximate surface area is 127 Å². The van der Waals surface area contributed by atoms with Crippen molar-refractivity contribution in [2.75, 3.05) is 6.54 Å². The molecule has 4 nitrogen and oxygen atoms in total. The van der Waals surface area contributed by atoms with E-state index >= 15 is 0 Å². The summed E-state index contributed by atoms with van der Waals surface area (Å²) in [7, 11) is 0. The van der Waals surface area contributed by atoms with E-state index in [9.17, 15) is 13.6 Å². The third-order valence-corrected chi connectivity index (χ3v) is 3.60. The Hall–Kier alpha value is -2.24. The minimum Gasteiger partial charge on any atom is -0.356 e. The van der Waals surface area contributed by atoms with Crippen LogP contribution < -0.4 is 5.32 Å². The van der Waals surface area contributed by atoms with Gasteiger partial charge in [-0.05, 0) is 49.9 Å². The maximum absolute atomic E-state index is 13.1. The summed E-state index contributed by atoms with van der Waals surface area (Å²) in [5.74, 6) is -1.87. The van der Waals surface area contributed by atoms with Gasteiger partial charge in [0.15, 0.2) is 11.6 Å². The Balaban J connectivity index is 1.75. The van der Waals surface area contributed by atoms with E-state index in [1.54, 1.807) is 0 Å². The summed E-state index contributed by atoms with van der Waals surface area (Å²) >= 11 is 0. The van der Waals surface area contributed by atoms with Gasteiger partial charge in [-0.25, -0.2) is 8.78 Å². The minimum absolute atomic E-state index is 0.108. The number of aromatic amines is 1. The molecule has 1 amide bonds. The van der Waals surface area contributed by atoms with E-state index in [1.165, 1.54) is 6.07 Å². The van der Waals surface area contributed by atoms with Gasteiger partial charge in [0.05, 0.1) is 5.69 Å². The van der Waals surface area contributed by atoms with E-state index in [0.717, 1.165) is 29.1 Å². The molecule has 2 N–H and O–H groups in total. The van der Waals surface area contributed by atoms with Crippen molar-refractivity contribution in [3.05, 3.63) is 52.3 Å². The zero-order chi connectivity index (χ0) is 16.1. The van der Waals surface area contributed by atoms with Gasteiger partial charge in [0.2, 0.25) is 5.91 Å². The van der Waals surface area contributed by atoms with Crippen molar-refractivity contribution in [2.24, 2.45) is 0 Å². The standard InChI is InChI=1S/C16H19F2N3O/c1-10-13(11(2)21-20-10)7-8-19-16(22)6-4-12-3-5-14(17)15(18)9-12/h3,5,9H,4,6-8H2,1-2H3,(H,19,22)(H,20,21). The second kappa shape index (κ2) is 7.15. The first-order valence-electron chi connectivity index (χ1n) is 7.18. The molecule has 6 heteroatoms. The molecule has 1 aromatic carbocycles. The number of nitrogens with zero attached hydrogens (tertiary/aromatic N) is 1. The second-order valence-corrected chi connectivity index (χ2v) is 5.26. The van der Waals surface area contributed by atoms with Crippen LogP contribution in [0.1, 0.15) is 28.9 Å². The van der Waals surface area contributed by atoms with Crippen molar-refractivity contribution in [3.63, 3.8) is 0 Å². The maximum atomic E-state index is 13.1. The van der Waals surface area contributed by atoms with Gasteiger partial charge in [-0.2, -0.15) is 5.10 Å². The molecule has 0 spiro atoms. The highest BCUT2D eigenvalue weighted by molar-refractivity contribution is 5.76. The molecule has 0 saturated carbocycles. The minimum atomic E-state index is -0.885. The molecule has 0 saturated heterocycles. The summed E-state index contributed by atoms with van der Waals surface area (Å²) in [6, 6.07) is 3.69. The van der Waals surface area contributed by atoms with Crippen LogP contribution in [0.25, 0.3) is 0 Å². The summed E-state index contributed by atoms with van der Waals surface area (Å²) in [6.07, 6.45) is 1.34. The molecular formula is C16H19F2N3O. The van der Waals surface area contributed by atoms with Crippen LogP contribution >= 0.6 is 0 Å². The lowest BCUT2D eigenvalue weighted by Crippen LogP contribution is -2.26. The highest BCUT2D eigenvalue weighted by atomic mass is 19.2. The first kappa shape index (κ1) is 16.1. The Morgan fingerprint density at radius 3 is 2.64 bits per heavy atom. The molecule has 0 bridgehead atoms. The average molecular weight is 307 g/mol. The Bertz CT molecular complexity index is 648. The van der Waals surface area contributed by atoms with Crippen LogP contribution in [-0.4, -0.2) is 22.6 Å². The van der Waals surface area contributed by atoms with Crippen molar-refractivity contribution in [3.8, 4) is 0 Å². The first-order valence-corrected chi connectivity index (χ1v) is 7.18. The molecule has 0 aliphatic rings. The van der Waals surface area contributed by atoms with Gasteiger partial charge in [-0.3, -0.25) is 9.89 Å². The van der Waals surface area contributed by atoms with Crippen molar-refractivity contribution in [1.29, 1.82) is 0 Å². The van der Waals surface area contributed by atoms with E-state index in [4.69, 9.17) is 0 Å². The maximum Gasteiger partial charge on any atom is 0.220 e. The normalized spacial score (nSPS) is 10.7. The summed E-state index contributed by atoms with van der Waals surface area (Å²) in [5.41, 5.74) is 3.67. The lowest BCUT2D eigenvalue weighted by atomic mass is 10.1. The fraction of sp³-hybridized carbons (Fsp3) is 0.375. The number of amides is 1. The van der Waals surface area contributed by atoms with Crippen LogP contribution in [-0.2, 0) is 17.6 Å². The van der Waals surface area contributed by atoms with E-state index in [1.807, 2.05) is 13.8 Å². The van der Waals surface area contributed by atoms with Gasteiger partial charge in [-0.1, -0.05) is 6.07 Å². The van der Waals surface area contributed by atoms with Crippen LogP contribution in [0.4, 0.5) is 8.78 Å². The quantitative estimate of drug-likeness (QED) is 0.862. The van der Waals surface area contributed by atoms with Crippen LogP contribution in [0.3, 0.4) is 0 Å². The molecule has 0 unspecified atom stereocenters. The molecule has 2 rings (SSSR count). The lowest BCUT2D eigenvalue weighted by molar-refractivity contribution is -0.121. The van der Waals surface area contributed by atoms with Gasteiger partial charge in [0.1, 0.15) is 0 Å². The summed E-state index contributed by atoms with van der Waals surface area (Å²) in [5, 5.41) is 9.83. The first-order chi connectivity index (χ1) is 10.5. The third kappa shape index (κ3) is 4.13. The van der Waals surface area contributed by atoms with E-state index < -0.39 is 11.6 Å². The van der Waals surface area contributed by atoms with E-state index in [0.29, 0.717) is 24.9 Å². The number of aromatic nitrogens is 2. The number of hydrogen-bond donors (Lipinski definition) is 2. The monoisotopic (exact) mass is 307 g/mol. The Kier molecular flexibility index (Phi) is 5.25. The van der Waals surface area contributed by atoms with Gasteiger partial charge < -0.3 is 5.32 Å². The van der Waals surface area contributed by atoms with Crippen LogP contribution in [0.15, 0.2) is 18.2 Å². The van der Waals surface area contributed by atoms with E-state index in [2.05, 4.69) is 15.5 Å². The van der Waals surface area contributed by atoms with Crippen molar-refractivity contribution in [1.82, 2.24) is 15.5 Å². The van der Waals surface area contributed by atoms with Gasteiger partial charge >= 0.3 is 0 Å². The number of hydrogen-bond acceptors (Lipinski definition) is 2. The largest absolute Gasteiger partial charge is 0.356 e. The Morgan fingerprint density at radius 2 is 2.00 bits per heavy atom. The van der Waals surface area contributed by atoms with Crippen LogP contribution in [0, 0.1) is 25.5 Å². The molecule has 0 atom stereocenters. The number of nitrogens with one attached hydrogen (secondary N) is 2. The number of aryl methyl sites for hydroxylation is 3. The molecule has 1 aromatic heterocycles. The number of benzene rings is 1. The molecule has 1 heterocycles. The number of carbonyl (C=O) groups is 1. The summed E-state index contributed by atoms with van der Waals surface area (Å²) in [6.45, 7) is 4.39. The number of halogens is 2. The predicted octanol–water partition coefficient (Wildman–Crippen LogP) is 2.60. The van der Waals surface area contributed by atoms with Gasteiger partial charge in [0, 0.05) is 18.7 Å². The zero-order valence-electron chi connectivity index (χ0n) is 12.7. The molecule has 0 fully saturated rings. The molecule has 0 aliphatic carbocycles. The fourth-order valence-corrected chi connectivity index (χ4v) is 2.31. The zero-order valence-corrected chi connectivity index (χ0v) is 12.7. The highest BCUT2D eigenvalue weighted by Gasteiger charge is 2.08.